The summed E-state index contributed by atoms with van der Waals surface area (Å²) in [6.07, 6.45) is 3.12. The van der Waals surface area contributed by atoms with Crippen LogP contribution in [0.5, 0.6) is 0 Å². The highest BCUT2D eigenvalue weighted by atomic mass is 16.2. The van der Waals surface area contributed by atoms with E-state index < -0.39 is 17.5 Å². The van der Waals surface area contributed by atoms with Gasteiger partial charge < -0.3 is 16.0 Å². The molecular formula is C23H24N4O4. The highest BCUT2D eigenvalue weighted by Gasteiger charge is 2.53. The van der Waals surface area contributed by atoms with Gasteiger partial charge in [0.25, 0.3) is 5.91 Å². The van der Waals surface area contributed by atoms with Crippen molar-refractivity contribution in [2.45, 2.75) is 38.1 Å². The predicted octanol–water partition coefficient (Wildman–Crippen LogP) is 2.76. The molecule has 0 unspecified atom stereocenters. The van der Waals surface area contributed by atoms with E-state index in [1.807, 2.05) is 24.3 Å². The molecule has 8 nitrogen and oxygen atoms in total. The average Bonchev–Trinajstić information content (AvgIpc) is 2.88. The Balaban J connectivity index is 1.49. The molecule has 0 radical (unpaired) electrons. The van der Waals surface area contributed by atoms with Gasteiger partial charge in [0.15, 0.2) is 0 Å². The molecule has 1 spiro atoms. The van der Waals surface area contributed by atoms with E-state index >= 15 is 0 Å². The van der Waals surface area contributed by atoms with Crippen molar-refractivity contribution < 1.29 is 19.2 Å². The molecule has 1 saturated heterocycles. The number of benzene rings is 2. The number of rotatable bonds is 4. The number of hydrogen-bond donors (Lipinski definition) is 3. The van der Waals surface area contributed by atoms with E-state index in [0.717, 1.165) is 35.3 Å². The van der Waals surface area contributed by atoms with Crippen LogP contribution in [-0.2, 0) is 26.3 Å². The molecule has 0 aromatic heterocycles. The van der Waals surface area contributed by atoms with Gasteiger partial charge in [0.1, 0.15) is 12.1 Å². The standard InChI is InChI=1S/C23H24N4O4/c1-15(28)24-17-9-11-18(12-10-17)25-20(29)14-27-21(30)23(26-22(27)31)13-5-4-7-16-6-2-3-8-19(16)23/h2-3,6,8-12H,4-5,7,13-14H2,1H3,(H,24,28)(H,25,29)(H,26,31)/t23-/m0/s1. The summed E-state index contributed by atoms with van der Waals surface area (Å²) in [7, 11) is 0. The summed E-state index contributed by atoms with van der Waals surface area (Å²) in [5, 5.41) is 8.21. The topological polar surface area (TPSA) is 108 Å². The second-order valence-corrected chi connectivity index (χ2v) is 7.90. The Bertz CT molecular complexity index is 1050. The van der Waals surface area contributed by atoms with Crippen LogP contribution in [0.2, 0.25) is 0 Å². The van der Waals surface area contributed by atoms with Crippen LogP contribution in [0.15, 0.2) is 48.5 Å². The maximum Gasteiger partial charge on any atom is 0.325 e. The molecule has 1 fully saturated rings. The van der Waals surface area contributed by atoms with E-state index in [1.165, 1.54) is 6.92 Å². The van der Waals surface area contributed by atoms with Crippen molar-refractivity contribution in [2.75, 3.05) is 17.2 Å². The Morgan fingerprint density at radius 2 is 1.68 bits per heavy atom. The number of aryl methyl sites for hydroxylation is 1. The quantitative estimate of drug-likeness (QED) is 0.661. The van der Waals surface area contributed by atoms with Gasteiger partial charge >= 0.3 is 6.03 Å². The molecule has 4 rings (SSSR count). The molecule has 1 aliphatic carbocycles. The van der Waals surface area contributed by atoms with Gasteiger partial charge in [-0.05, 0) is 61.1 Å². The summed E-state index contributed by atoms with van der Waals surface area (Å²) >= 11 is 0. The molecule has 5 amide bonds. The van der Waals surface area contributed by atoms with Crippen molar-refractivity contribution in [1.29, 1.82) is 0 Å². The van der Waals surface area contributed by atoms with Crippen molar-refractivity contribution in [3.63, 3.8) is 0 Å². The van der Waals surface area contributed by atoms with Crippen LogP contribution in [0.1, 0.15) is 37.3 Å². The minimum atomic E-state index is -1.11. The molecule has 0 bridgehead atoms. The van der Waals surface area contributed by atoms with Gasteiger partial charge in [0.2, 0.25) is 11.8 Å². The van der Waals surface area contributed by atoms with Crippen LogP contribution >= 0.6 is 0 Å². The Morgan fingerprint density at radius 1 is 1.00 bits per heavy atom. The smallest absolute Gasteiger partial charge is 0.325 e. The van der Waals surface area contributed by atoms with Crippen LogP contribution in [0.25, 0.3) is 0 Å². The lowest BCUT2D eigenvalue weighted by atomic mass is 9.84. The monoisotopic (exact) mass is 420 g/mol. The fourth-order valence-corrected chi connectivity index (χ4v) is 4.30. The van der Waals surface area contributed by atoms with Crippen LogP contribution < -0.4 is 16.0 Å². The zero-order chi connectivity index (χ0) is 22.0. The molecule has 3 N–H and O–H groups in total. The Kier molecular flexibility index (Phi) is 5.46. The third-order valence-corrected chi connectivity index (χ3v) is 5.69. The van der Waals surface area contributed by atoms with Crippen molar-refractivity contribution >= 4 is 35.1 Å². The second kappa shape index (κ2) is 8.22. The number of nitrogens with one attached hydrogen (secondary N) is 3. The number of carbonyl (C=O) groups excluding carboxylic acids is 4. The summed E-state index contributed by atoms with van der Waals surface area (Å²) < 4.78 is 0. The third kappa shape index (κ3) is 4.01. The van der Waals surface area contributed by atoms with Gasteiger partial charge in [-0.3, -0.25) is 19.3 Å². The summed E-state index contributed by atoms with van der Waals surface area (Å²) in [5.74, 6) is -1.05. The molecule has 2 aromatic carbocycles. The summed E-state index contributed by atoms with van der Waals surface area (Å²) in [5.41, 5.74) is 1.88. The lowest BCUT2D eigenvalue weighted by Gasteiger charge is -2.27. The van der Waals surface area contributed by atoms with E-state index in [1.54, 1.807) is 24.3 Å². The van der Waals surface area contributed by atoms with E-state index in [-0.39, 0.29) is 18.4 Å². The maximum atomic E-state index is 13.4. The number of amides is 5. The van der Waals surface area contributed by atoms with Crippen molar-refractivity contribution in [3.8, 4) is 0 Å². The normalized spacial score (nSPS) is 20.1. The summed E-state index contributed by atoms with van der Waals surface area (Å²) in [6.45, 7) is 1.04. The Morgan fingerprint density at radius 3 is 2.39 bits per heavy atom. The van der Waals surface area contributed by atoms with Crippen molar-refractivity contribution in [3.05, 3.63) is 59.7 Å². The summed E-state index contributed by atoms with van der Waals surface area (Å²) in [4.78, 5) is 50.7. The number of nitrogens with zero attached hydrogens (tertiary/aromatic N) is 1. The zero-order valence-electron chi connectivity index (χ0n) is 17.2. The minimum absolute atomic E-state index is 0.190. The van der Waals surface area contributed by atoms with Crippen LogP contribution in [0.3, 0.4) is 0 Å². The van der Waals surface area contributed by atoms with E-state index in [0.29, 0.717) is 17.8 Å². The average molecular weight is 420 g/mol. The van der Waals surface area contributed by atoms with Crippen LogP contribution in [-0.4, -0.2) is 35.2 Å². The lowest BCUT2D eigenvalue weighted by Crippen LogP contribution is -2.44. The number of urea groups is 1. The third-order valence-electron chi connectivity index (χ3n) is 5.69. The highest BCUT2D eigenvalue weighted by Crippen LogP contribution is 2.38. The first-order valence-electron chi connectivity index (χ1n) is 10.3. The maximum absolute atomic E-state index is 13.4. The fraction of sp³-hybridized carbons (Fsp3) is 0.304. The minimum Gasteiger partial charge on any atom is -0.326 e. The van der Waals surface area contributed by atoms with Gasteiger partial charge in [0.05, 0.1) is 0 Å². The van der Waals surface area contributed by atoms with E-state index in [2.05, 4.69) is 16.0 Å². The molecule has 1 heterocycles. The summed E-state index contributed by atoms with van der Waals surface area (Å²) in [6, 6.07) is 13.7. The molecule has 2 aromatic rings. The molecular weight excluding hydrogens is 396 g/mol. The first-order chi connectivity index (χ1) is 14.9. The van der Waals surface area contributed by atoms with Crippen LogP contribution in [0, 0.1) is 0 Å². The van der Waals surface area contributed by atoms with Crippen LogP contribution in [0.4, 0.5) is 16.2 Å². The van der Waals surface area contributed by atoms with Gasteiger partial charge in [-0.25, -0.2) is 4.79 Å². The van der Waals surface area contributed by atoms with Gasteiger partial charge in [-0.15, -0.1) is 0 Å². The number of hydrogen-bond acceptors (Lipinski definition) is 4. The van der Waals surface area contributed by atoms with Gasteiger partial charge in [-0.2, -0.15) is 0 Å². The first-order valence-corrected chi connectivity index (χ1v) is 10.3. The number of carbonyl (C=O) groups is 4. The molecule has 0 saturated carbocycles. The first kappa shape index (κ1) is 20.6. The Labute approximate surface area is 180 Å². The number of fused-ring (bicyclic) bond motifs is 2. The molecule has 2 aliphatic rings. The second-order valence-electron chi connectivity index (χ2n) is 7.90. The molecule has 160 valence electrons. The van der Waals surface area contributed by atoms with Crippen molar-refractivity contribution in [1.82, 2.24) is 10.2 Å². The number of imide groups is 1. The van der Waals surface area contributed by atoms with Gasteiger partial charge in [0, 0.05) is 18.3 Å². The zero-order valence-corrected chi connectivity index (χ0v) is 17.2. The Hall–Kier alpha value is -3.68. The molecule has 8 heteroatoms. The fourth-order valence-electron chi connectivity index (χ4n) is 4.30. The predicted molar refractivity (Wildman–Crippen MR) is 115 cm³/mol. The van der Waals surface area contributed by atoms with Crippen molar-refractivity contribution in [2.24, 2.45) is 0 Å². The molecule has 1 aliphatic heterocycles. The van der Waals surface area contributed by atoms with E-state index in [4.69, 9.17) is 0 Å². The van der Waals surface area contributed by atoms with E-state index in [9.17, 15) is 19.2 Å². The molecule has 1 atom stereocenters. The molecule has 31 heavy (non-hydrogen) atoms. The SMILES string of the molecule is CC(=O)Nc1ccc(NC(=O)CN2C(=O)N[C@]3(CCCCc4ccccc43)C2=O)cc1. The lowest BCUT2D eigenvalue weighted by molar-refractivity contribution is -0.134. The number of anilines is 2. The van der Waals surface area contributed by atoms with Gasteiger partial charge in [-0.1, -0.05) is 24.3 Å². The largest absolute Gasteiger partial charge is 0.326 e. The highest BCUT2D eigenvalue weighted by molar-refractivity contribution is 6.10.